The molecule has 2 aromatic heterocycles. The lowest BCUT2D eigenvalue weighted by molar-refractivity contribution is 0.669. The van der Waals surface area contributed by atoms with Crippen molar-refractivity contribution in [2.24, 2.45) is 0 Å². The lowest BCUT2D eigenvalue weighted by Gasteiger charge is -2.18. The third-order valence-corrected chi connectivity index (χ3v) is 10.2. The molecule has 11 aromatic rings. The van der Waals surface area contributed by atoms with E-state index < -0.39 is 0 Å². The molecule has 48 heavy (non-hydrogen) atoms. The van der Waals surface area contributed by atoms with Gasteiger partial charge in [-0.25, -0.2) is 0 Å². The van der Waals surface area contributed by atoms with E-state index in [9.17, 15) is 0 Å². The van der Waals surface area contributed by atoms with Crippen molar-refractivity contribution in [1.82, 2.24) is 0 Å². The summed E-state index contributed by atoms with van der Waals surface area (Å²) >= 11 is 0. The van der Waals surface area contributed by atoms with Gasteiger partial charge in [0.05, 0.1) is 0 Å². The van der Waals surface area contributed by atoms with Gasteiger partial charge in [-0.2, -0.15) is 0 Å². The summed E-state index contributed by atoms with van der Waals surface area (Å²) < 4.78 is 13.0. The van der Waals surface area contributed by atoms with Gasteiger partial charge in [-0.3, -0.25) is 0 Å². The van der Waals surface area contributed by atoms with E-state index >= 15 is 0 Å². The molecule has 0 saturated carbocycles. The minimum atomic E-state index is 0.881. The molecule has 9 aromatic carbocycles. The molecule has 0 unspecified atom stereocenters. The quantitative estimate of drug-likeness (QED) is 0.182. The van der Waals surface area contributed by atoms with Crippen LogP contribution >= 0.6 is 0 Å². The first-order valence-corrected chi connectivity index (χ1v) is 16.4. The molecule has 0 radical (unpaired) electrons. The number of furan rings is 2. The minimum Gasteiger partial charge on any atom is -0.456 e. The Labute approximate surface area is 275 Å². The zero-order valence-corrected chi connectivity index (χ0v) is 25.8. The van der Waals surface area contributed by atoms with Crippen molar-refractivity contribution in [3.8, 4) is 22.3 Å². The van der Waals surface area contributed by atoms with E-state index in [2.05, 4.69) is 146 Å². The molecule has 0 saturated heterocycles. The van der Waals surface area contributed by atoms with E-state index in [-0.39, 0.29) is 0 Å². The Balaban J connectivity index is 1.17. The summed E-state index contributed by atoms with van der Waals surface area (Å²) in [5.41, 5.74) is 8.46. The van der Waals surface area contributed by atoms with Gasteiger partial charge in [0, 0.05) is 26.9 Å². The molecule has 0 amide bonds. The SMILES string of the molecule is c1ccc2cc(-c3c4ccccc4c(-c4ccc5c(c4)oc4ccc6c(ccc7c8ccccc8oc76)c45)c4ccccc34)ccc2c1. The van der Waals surface area contributed by atoms with Crippen molar-refractivity contribution in [2.75, 3.05) is 0 Å². The largest absolute Gasteiger partial charge is 0.456 e. The van der Waals surface area contributed by atoms with Crippen LogP contribution in [0.1, 0.15) is 0 Å². The summed E-state index contributed by atoms with van der Waals surface area (Å²) in [6.07, 6.45) is 0. The van der Waals surface area contributed by atoms with Crippen molar-refractivity contribution < 1.29 is 8.83 Å². The molecule has 0 N–H and O–H groups in total. The van der Waals surface area contributed by atoms with E-state index in [1.54, 1.807) is 0 Å². The average molecular weight is 611 g/mol. The second-order valence-electron chi connectivity index (χ2n) is 12.8. The third kappa shape index (κ3) is 3.52. The number of fused-ring (bicyclic) bond motifs is 12. The summed E-state index contributed by atoms with van der Waals surface area (Å²) in [5, 5.41) is 14.2. The van der Waals surface area contributed by atoms with E-state index in [0.29, 0.717) is 0 Å². The second-order valence-corrected chi connectivity index (χ2v) is 12.8. The molecule has 0 aliphatic rings. The summed E-state index contributed by atoms with van der Waals surface area (Å²) in [7, 11) is 0. The van der Waals surface area contributed by atoms with Crippen molar-refractivity contribution in [3.05, 3.63) is 158 Å². The van der Waals surface area contributed by atoms with Gasteiger partial charge in [0.15, 0.2) is 0 Å². The fourth-order valence-corrected chi connectivity index (χ4v) is 8.11. The molecule has 2 nitrogen and oxygen atoms in total. The molecule has 11 rings (SSSR count). The van der Waals surface area contributed by atoms with Gasteiger partial charge in [0.2, 0.25) is 0 Å². The Bertz CT molecular complexity index is 3060. The molecular weight excluding hydrogens is 585 g/mol. The van der Waals surface area contributed by atoms with Crippen molar-refractivity contribution in [3.63, 3.8) is 0 Å². The highest BCUT2D eigenvalue weighted by molar-refractivity contribution is 6.26. The maximum atomic E-state index is 6.62. The van der Waals surface area contributed by atoms with E-state index in [1.165, 1.54) is 49.0 Å². The van der Waals surface area contributed by atoms with Crippen molar-refractivity contribution in [1.29, 1.82) is 0 Å². The molecule has 0 fully saturated rings. The number of hydrogen-bond acceptors (Lipinski definition) is 2. The Morgan fingerprint density at radius 1 is 0.292 bits per heavy atom. The Morgan fingerprint density at radius 3 is 1.58 bits per heavy atom. The van der Waals surface area contributed by atoms with Gasteiger partial charge in [-0.05, 0) is 102 Å². The predicted octanol–water partition coefficient (Wildman–Crippen LogP) is 13.4. The molecule has 0 aliphatic heterocycles. The molecule has 2 heteroatoms. The maximum absolute atomic E-state index is 6.62. The van der Waals surface area contributed by atoms with Gasteiger partial charge < -0.3 is 8.83 Å². The first kappa shape index (κ1) is 25.8. The Kier molecular flexibility index (Phi) is 5.14. The van der Waals surface area contributed by atoms with Gasteiger partial charge in [0.25, 0.3) is 0 Å². The number of benzene rings is 9. The van der Waals surface area contributed by atoms with Gasteiger partial charge >= 0.3 is 0 Å². The lowest BCUT2D eigenvalue weighted by atomic mass is 9.85. The van der Waals surface area contributed by atoms with Crippen LogP contribution in [0.5, 0.6) is 0 Å². The number of hydrogen-bond donors (Lipinski definition) is 0. The van der Waals surface area contributed by atoms with E-state index in [1.807, 2.05) is 12.1 Å². The molecular formula is C46H26O2. The molecule has 0 spiro atoms. The van der Waals surface area contributed by atoms with Crippen LogP contribution in [-0.2, 0) is 0 Å². The van der Waals surface area contributed by atoms with Crippen LogP contribution < -0.4 is 0 Å². The first-order chi connectivity index (χ1) is 23.8. The fraction of sp³-hybridized carbons (Fsp3) is 0. The topological polar surface area (TPSA) is 26.3 Å². The number of rotatable bonds is 2. The average Bonchev–Trinajstić information content (AvgIpc) is 3.72. The normalized spacial score (nSPS) is 12.2. The summed E-state index contributed by atoms with van der Waals surface area (Å²) in [5.74, 6) is 0. The predicted molar refractivity (Wildman–Crippen MR) is 202 cm³/mol. The van der Waals surface area contributed by atoms with Crippen LogP contribution in [0.15, 0.2) is 167 Å². The highest BCUT2D eigenvalue weighted by Gasteiger charge is 2.19. The van der Waals surface area contributed by atoms with Crippen LogP contribution in [0, 0.1) is 0 Å². The van der Waals surface area contributed by atoms with Gasteiger partial charge in [-0.15, -0.1) is 0 Å². The molecule has 0 bridgehead atoms. The van der Waals surface area contributed by atoms with Crippen LogP contribution in [0.2, 0.25) is 0 Å². The molecule has 0 aliphatic carbocycles. The Morgan fingerprint density at radius 2 is 0.833 bits per heavy atom. The molecule has 2 heterocycles. The van der Waals surface area contributed by atoms with Gasteiger partial charge in [0.1, 0.15) is 22.3 Å². The zero-order chi connectivity index (χ0) is 31.3. The second kappa shape index (κ2) is 9.57. The van der Waals surface area contributed by atoms with Crippen molar-refractivity contribution >= 4 is 87.0 Å². The maximum Gasteiger partial charge on any atom is 0.143 e. The summed E-state index contributed by atoms with van der Waals surface area (Å²) in [6.45, 7) is 0. The minimum absolute atomic E-state index is 0.881. The summed E-state index contributed by atoms with van der Waals surface area (Å²) in [6, 6.07) is 56.7. The van der Waals surface area contributed by atoms with E-state index in [4.69, 9.17) is 8.83 Å². The Hall–Kier alpha value is -6.38. The first-order valence-electron chi connectivity index (χ1n) is 16.4. The van der Waals surface area contributed by atoms with Gasteiger partial charge in [-0.1, -0.05) is 115 Å². The monoisotopic (exact) mass is 610 g/mol. The van der Waals surface area contributed by atoms with Crippen LogP contribution in [-0.4, -0.2) is 0 Å². The lowest BCUT2D eigenvalue weighted by Crippen LogP contribution is -1.91. The highest BCUT2D eigenvalue weighted by atomic mass is 16.3. The smallest absolute Gasteiger partial charge is 0.143 e. The summed E-state index contributed by atoms with van der Waals surface area (Å²) in [4.78, 5) is 0. The van der Waals surface area contributed by atoms with E-state index in [0.717, 1.165) is 60.2 Å². The van der Waals surface area contributed by atoms with Crippen LogP contribution in [0.25, 0.3) is 109 Å². The number of para-hydroxylation sites is 1. The molecule has 222 valence electrons. The van der Waals surface area contributed by atoms with Crippen LogP contribution in [0.3, 0.4) is 0 Å². The highest BCUT2D eigenvalue weighted by Crippen LogP contribution is 2.46. The van der Waals surface area contributed by atoms with Crippen molar-refractivity contribution in [2.45, 2.75) is 0 Å². The fourth-order valence-electron chi connectivity index (χ4n) is 8.11. The standard InChI is InChI=1S/C46H26O2/c1-2-10-28-25-29(18-17-27(28)9-1)43-32-12-3-5-14-34(32)44(35-15-6-4-13-33(35)43)30-19-20-39-42(26-30)47-41-24-23-38-36(45(39)41)21-22-37-31-11-7-8-16-40(31)48-46(37)38/h1-26H. The molecule has 0 atom stereocenters. The zero-order valence-electron chi connectivity index (χ0n) is 25.8. The third-order valence-electron chi connectivity index (χ3n) is 10.2. The van der Waals surface area contributed by atoms with Crippen LogP contribution in [0.4, 0.5) is 0 Å².